The van der Waals surface area contributed by atoms with E-state index in [0.717, 1.165) is 17.7 Å². The number of rotatable bonds is 7. The molecule has 2 amide bonds. The number of hydrogen-bond donors (Lipinski definition) is 1. The Labute approximate surface area is 160 Å². The number of carbonyl (C=O) groups is 3. The summed E-state index contributed by atoms with van der Waals surface area (Å²) in [5.41, 5.74) is 5.20. The van der Waals surface area contributed by atoms with Gasteiger partial charge in [0.05, 0.1) is 6.04 Å². The smallest absolute Gasteiger partial charge is 0.342 e. The molecule has 1 fully saturated rings. The van der Waals surface area contributed by atoms with Crippen molar-refractivity contribution in [3.63, 3.8) is 0 Å². The molecule has 1 saturated heterocycles. The minimum Gasteiger partial charge on any atom is -0.483 e. The van der Waals surface area contributed by atoms with Crippen molar-refractivity contribution in [2.45, 2.75) is 18.9 Å². The van der Waals surface area contributed by atoms with Crippen molar-refractivity contribution in [3.05, 3.63) is 52.2 Å². The molecular weight excluding hydrogens is 368 g/mol. The predicted molar refractivity (Wildman–Crippen MR) is 99.4 cm³/mol. The number of hydrogen-bond acceptors (Lipinski definition) is 6. The highest BCUT2D eigenvalue weighted by molar-refractivity contribution is 7.10. The Morgan fingerprint density at radius 2 is 1.96 bits per heavy atom. The molecule has 2 heterocycles. The first kappa shape index (κ1) is 18.9. The number of likely N-dealkylation sites (tertiary alicyclic amines) is 1. The number of nitrogens with two attached hydrogens (primary N) is 1. The Morgan fingerprint density at radius 1 is 1.15 bits per heavy atom. The third-order valence-corrected chi connectivity index (χ3v) is 5.22. The molecular formula is C19H20N2O5S. The van der Waals surface area contributed by atoms with Crippen LogP contribution < -0.4 is 10.5 Å². The highest BCUT2D eigenvalue weighted by Gasteiger charge is 2.31. The van der Waals surface area contributed by atoms with E-state index >= 15 is 0 Å². The third kappa shape index (κ3) is 4.65. The SMILES string of the molecule is NC(=O)COc1ccccc1C(=O)OCC(=O)N1CCCC1c1cccs1. The standard InChI is InChI=1S/C19H20N2O5S/c20-17(22)11-25-15-7-2-1-5-13(15)19(24)26-12-18(23)21-9-3-6-14(21)16-8-4-10-27-16/h1-2,4-5,7-8,10,14H,3,6,9,11-12H2,(H2,20,22). The van der Waals surface area contributed by atoms with Gasteiger partial charge in [0.15, 0.2) is 13.2 Å². The molecule has 1 aromatic heterocycles. The van der Waals surface area contributed by atoms with E-state index in [2.05, 4.69) is 0 Å². The zero-order valence-corrected chi connectivity index (χ0v) is 15.4. The first-order valence-corrected chi connectivity index (χ1v) is 9.44. The molecule has 0 spiro atoms. The Hall–Kier alpha value is -2.87. The van der Waals surface area contributed by atoms with Gasteiger partial charge >= 0.3 is 5.97 Å². The van der Waals surface area contributed by atoms with Gasteiger partial charge in [-0.15, -0.1) is 11.3 Å². The molecule has 1 unspecified atom stereocenters. The first-order valence-electron chi connectivity index (χ1n) is 8.56. The topological polar surface area (TPSA) is 98.9 Å². The van der Waals surface area contributed by atoms with Gasteiger partial charge in [-0.05, 0) is 36.4 Å². The summed E-state index contributed by atoms with van der Waals surface area (Å²) in [6, 6.07) is 10.4. The minimum absolute atomic E-state index is 0.0439. The summed E-state index contributed by atoms with van der Waals surface area (Å²) in [6.07, 6.45) is 1.83. The van der Waals surface area contributed by atoms with Crippen LogP contribution in [0.25, 0.3) is 0 Å². The number of primary amides is 1. The molecule has 0 radical (unpaired) electrons. The molecule has 27 heavy (non-hydrogen) atoms. The van der Waals surface area contributed by atoms with Crippen LogP contribution in [0.5, 0.6) is 5.75 Å². The predicted octanol–water partition coefficient (Wildman–Crippen LogP) is 2.13. The van der Waals surface area contributed by atoms with Crippen molar-refractivity contribution in [2.75, 3.05) is 19.8 Å². The van der Waals surface area contributed by atoms with Crippen LogP contribution in [0.3, 0.4) is 0 Å². The van der Waals surface area contributed by atoms with Gasteiger partial charge in [0, 0.05) is 11.4 Å². The summed E-state index contributed by atoms with van der Waals surface area (Å²) in [7, 11) is 0. The molecule has 0 saturated carbocycles. The lowest BCUT2D eigenvalue weighted by Gasteiger charge is -2.23. The van der Waals surface area contributed by atoms with Gasteiger partial charge in [-0.25, -0.2) is 4.79 Å². The van der Waals surface area contributed by atoms with E-state index in [1.54, 1.807) is 28.4 Å². The summed E-state index contributed by atoms with van der Waals surface area (Å²) < 4.78 is 10.4. The Balaban J connectivity index is 1.60. The largest absolute Gasteiger partial charge is 0.483 e. The monoisotopic (exact) mass is 388 g/mol. The van der Waals surface area contributed by atoms with E-state index in [0.29, 0.717) is 6.54 Å². The van der Waals surface area contributed by atoms with Gasteiger partial charge in [0.25, 0.3) is 11.8 Å². The second-order valence-electron chi connectivity index (χ2n) is 6.09. The maximum atomic E-state index is 12.5. The van der Waals surface area contributed by atoms with Crippen LogP contribution in [0.15, 0.2) is 41.8 Å². The van der Waals surface area contributed by atoms with Crippen LogP contribution in [0.4, 0.5) is 0 Å². The molecule has 1 atom stereocenters. The van der Waals surface area contributed by atoms with Crippen LogP contribution in [0.2, 0.25) is 0 Å². The van der Waals surface area contributed by atoms with E-state index in [4.69, 9.17) is 15.2 Å². The lowest BCUT2D eigenvalue weighted by atomic mass is 10.2. The van der Waals surface area contributed by atoms with Crippen LogP contribution in [-0.2, 0) is 14.3 Å². The van der Waals surface area contributed by atoms with E-state index in [-0.39, 0.29) is 36.5 Å². The third-order valence-electron chi connectivity index (χ3n) is 4.25. The van der Waals surface area contributed by atoms with E-state index in [1.807, 2.05) is 17.5 Å². The molecule has 2 N–H and O–H groups in total. The molecule has 3 rings (SSSR count). The number of nitrogens with zero attached hydrogens (tertiary/aromatic N) is 1. The van der Waals surface area contributed by atoms with Gasteiger partial charge in [-0.2, -0.15) is 0 Å². The average molecular weight is 388 g/mol. The lowest BCUT2D eigenvalue weighted by molar-refractivity contribution is -0.135. The molecule has 1 aliphatic rings. The fourth-order valence-corrected chi connectivity index (χ4v) is 3.91. The number of thiophene rings is 1. The Kier molecular flexibility index (Phi) is 6.08. The molecule has 1 aliphatic heterocycles. The first-order chi connectivity index (χ1) is 13.1. The van der Waals surface area contributed by atoms with Crippen molar-refractivity contribution >= 4 is 29.1 Å². The van der Waals surface area contributed by atoms with Gasteiger partial charge in [-0.3, -0.25) is 9.59 Å². The number of benzene rings is 1. The number of esters is 1. The number of amides is 2. The minimum atomic E-state index is -0.685. The second-order valence-corrected chi connectivity index (χ2v) is 7.07. The molecule has 8 heteroatoms. The zero-order chi connectivity index (χ0) is 19.2. The summed E-state index contributed by atoms with van der Waals surface area (Å²) in [5, 5.41) is 1.99. The van der Waals surface area contributed by atoms with Gasteiger partial charge in [-0.1, -0.05) is 18.2 Å². The quantitative estimate of drug-likeness (QED) is 0.733. The highest BCUT2D eigenvalue weighted by atomic mass is 32.1. The van der Waals surface area contributed by atoms with Crippen LogP contribution in [0, 0.1) is 0 Å². The summed E-state index contributed by atoms with van der Waals surface area (Å²) in [5.74, 6) is -1.38. The van der Waals surface area contributed by atoms with Crippen molar-refractivity contribution in [2.24, 2.45) is 5.73 Å². The Morgan fingerprint density at radius 3 is 2.70 bits per heavy atom. The Bertz CT molecular complexity index is 821. The lowest BCUT2D eigenvalue weighted by Crippen LogP contribution is -2.34. The van der Waals surface area contributed by atoms with Gasteiger partial charge < -0.3 is 20.1 Å². The maximum Gasteiger partial charge on any atom is 0.342 e. The van der Waals surface area contributed by atoms with E-state index in [1.165, 1.54) is 12.1 Å². The highest BCUT2D eigenvalue weighted by Crippen LogP contribution is 2.34. The molecule has 142 valence electrons. The summed E-state index contributed by atoms with van der Waals surface area (Å²) in [6.45, 7) is -0.0401. The van der Waals surface area contributed by atoms with E-state index in [9.17, 15) is 14.4 Å². The maximum absolute atomic E-state index is 12.5. The van der Waals surface area contributed by atoms with Crippen LogP contribution in [0.1, 0.15) is 34.1 Å². The molecule has 2 aromatic rings. The zero-order valence-electron chi connectivity index (χ0n) is 14.6. The number of carbonyl (C=O) groups excluding carboxylic acids is 3. The molecule has 1 aromatic carbocycles. The number of para-hydroxylation sites is 1. The fraction of sp³-hybridized carbons (Fsp3) is 0.316. The summed E-state index contributed by atoms with van der Waals surface area (Å²) >= 11 is 1.62. The molecule has 0 aliphatic carbocycles. The van der Waals surface area contributed by atoms with Gasteiger partial charge in [0.2, 0.25) is 0 Å². The van der Waals surface area contributed by atoms with Gasteiger partial charge in [0.1, 0.15) is 11.3 Å². The van der Waals surface area contributed by atoms with Crippen molar-refractivity contribution in [3.8, 4) is 5.75 Å². The van der Waals surface area contributed by atoms with Crippen molar-refractivity contribution < 1.29 is 23.9 Å². The van der Waals surface area contributed by atoms with Crippen LogP contribution in [-0.4, -0.2) is 42.4 Å². The van der Waals surface area contributed by atoms with Crippen LogP contribution >= 0.6 is 11.3 Å². The molecule has 0 bridgehead atoms. The second kappa shape index (κ2) is 8.68. The fourth-order valence-electron chi connectivity index (χ4n) is 3.04. The number of ether oxygens (including phenoxy) is 2. The van der Waals surface area contributed by atoms with Crippen molar-refractivity contribution in [1.82, 2.24) is 4.90 Å². The normalized spacial score (nSPS) is 16.1. The average Bonchev–Trinajstić information content (AvgIpc) is 3.35. The van der Waals surface area contributed by atoms with E-state index < -0.39 is 11.9 Å². The van der Waals surface area contributed by atoms with Crippen molar-refractivity contribution in [1.29, 1.82) is 0 Å². The summed E-state index contributed by atoms with van der Waals surface area (Å²) in [4.78, 5) is 38.7. The molecule has 7 nitrogen and oxygen atoms in total.